The molecule has 0 amide bonds. The Balaban J connectivity index is 2.19. The minimum atomic E-state index is -4.81. The van der Waals surface area contributed by atoms with E-state index in [1.54, 1.807) is 6.92 Å². The first kappa shape index (κ1) is 26.9. The molecule has 1 aromatic carbocycles. The molecule has 9 nitrogen and oxygen atoms in total. The van der Waals surface area contributed by atoms with Crippen LogP contribution in [0.2, 0.25) is 19.6 Å². The van der Waals surface area contributed by atoms with E-state index in [-0.39, 0.29) is 35.3 Å². The molecule has 1 N–H and O–H groups in total. The topological polar surface area (TPSA) is 116 Å². The second-order valence-electron chi connectivity index (χ2n) is 9.67. The number of nitrogens with zero attached hydrogens (tertiary/aromatic N) is 3. The lowest BCUT2D eigenvalue weighted by Gasteiger charge is -2.18. The predicted molar refractivity (Wildman–Crippen MR) is 129 cm³/mol. The number of halogens is 3. The van der Waals surface area contributed by atoms with Crippen LogP contribution in [0.25, 0.3) is 22.2 Å². The third-order valence-corrected chi connectivity index (χ3v) is 6.75. The molecule has 0 unspecified atom stereocenters. The van der Waals surface area contributed by atoms with Gasteiger partial charge in [0.25, 0.3) is 5.56 Å². The fraction of sp³-hybridized carbons (Fsp3) is 0.476. The third-order valence-electron chi connectivity index (χ3n) is 4.95. The molecule has 0 aliphatic heterocycles. The summed E-state index contributed by atoms with van der Waals surface area (Å²) in [5.74, 6) is -0.904. The van der Waals surface area contributed by atoms with E-state index in [0.29, 0.717) is 22.6 Å². The van der Waals surface area contributed by atoms with Gasteiger partial charge < -0.3 is 9.72 Å². The standard InChI is InChI=1S/C21H27F3N4O5SSi/c1-13-8-18(28(26-13)6-7-33-12-35(3,4)5)14-9-15-17(10-16(14)21(22,23)24)25-20(30)27(19(15)29)11-34(2,31)32/h8-10H,6-7,11-12H2,1-5H3,(H,25,30). The number of fused-ring (bicyclic) bond motifs is 1. The third kappa shape index (κ3) is 6.49. The Morgan fingerprint density at radius 1 is 1.14 bits per heavy atom. The molecule has 0 radical (unpaired) electrons. The van der Waals surface area contributed by atoms with Gasteiger partial charge in [0.1, 0.15) is 5.88 Å². The molecule has 14 heteroatoms. The number of alkyl halides is 3. The zero-order chi connectivity index (χ0) is 26.3. The van der Waals surface area contributed by atoms with Crippen molar-refractivity contribution in [3.8, 4) is 11.3 Å². The Bertz CT molecular complexity index is 1480. The SMILES string of the molecule is Cc1cc(-c2cc3c(=O)n(CS(C)(=O)=O)c(=O)[nH]c3cc2C(F)(F)F)n(CCOC[Si](C)(C)C)n1. The number of aromatic nitrogens is 4. The van der Waals surface area contributed by atoms with Crippen LogP contribution in [-0.4, -0.2) is 54.9 Å². The maximum Gasteiger partial charge on any atom is 0.417 e. The summed E-state index contributed by atoms with van der Waals surface area (Å²) in [6.45, 7) is 8.44. The molecule has 0 aliphatic carbocycles. The van der Waals surface area contributed by atoms with Gasteiger partial charge in [-0.3, -0.25) is 9.48 Å². The van der Waals surface area contributed by atoms with Gasteiger partial charge in [0, 0.05) is 18.0 Å². The average molecular weight is 533 g/mol. The van der Waals surface area contributed by atoms with Gasteiger partial charge in [-0.2, -0.15) is 18.3 Å². The number of rotatable bonds is 8. The summed E-state index contributed by atoms with van der Waals surface area (Å²) in [4.78, 5) is 27.4. The number of H-pyrrole nitrogens is 1. The Labute approximate surface area is 200 Å². The molecule has 0 aliphatic rings. The smallest absolute Gasteiger partial charge is 0.383 e. The lowest BCUT2D eigenvalue weighted by Crippen LogP contribution is -2.37. The van der Waals surface area contributed by atoms with Gasteiger partial charge in [-0.15, -0.1) is 0 Å². The normalized spacial score (nSPS) is 13.0. The highest BCUT2D eigenvalue weighted by atomic mass is 32.2. The Hall–Kier alpha value is -2.71. The second-order valence-corrected chi connectivity index (χ2v) is 17.2. The number of hydrogen-bond donors (Lipinski definition) is 1. The van der Waals surface area contributed by atoms with Gasteiger partial charge in [-0.25, -0.2) is 17.8 Å². The summed E-state index contributed by atoms with van der Waals surface area (Å²) >= 11 is 0. The first-order chi connectivity index (χ1) is 16.0. The lowest BCUT2D eigenvalue weighted by molar-refractivity contribution is -0.137. The maximum atomic E-state index is 14.0. The van der Waals surface area contributed by atoms with Gasteiger partial charge >= 0.3 is 11.9 Å². The Morgan fingerprint density at radius 2 is 1.80 bits per heavy atom. The number of nitrogens with one attached hydrogen (secondary N) is 1. The van der Waals surface area contributed by atoms with Gasteiger partial charge in [0.05, 0.1) is 49.1 Å². The van der Waals surface area contributed by atoms with Crippen LogP contribution in [0.1, 0.15) is 11.3 Å². The van der Waals surface area contributed by atoms with Crippen LogP contribution in [0.3, 0.4) is 0 Å². The molecule has 2 heterocycles. The highest BCUT2D eigenvalue weighted by Crippen LogP contribution is 2.39. The van der Waals surface area contributed by atoms with Gasteiger partial charge in [-0.1, -0.05) is 19.6 Å². The molecule has 3 rings (SSSR count). The van der Waals surface area contributed by atoms with E-state index < -0.39 is 46.8 Å². The maximum absolute atomic E-state index is 14.0. The Kier molecular flexibility index (Phi) is 7.21. The number of benzene rings is 1. The molecule has 3 aromatic rings. The van der Waals surface area contributed by atoms with E-state index >= 15 is 0 Å². The summed E-state index contributed by atoms with van der Waals surface area (Å²) < 4.78 is 73.0. The summed E-state index contributed by atoms with van der Waals surface area (Å²) in [6.07, 6.45) is -3.38. The number of hydrogen-bond acceptors (Lipinski definition) is 6. The summed E-state index contributed by atoms with van der Waals surface area (Å²) in [5.41, 5.74) is -3.26. The van der Waals surface area contributed by atoms with E-state index in [1.807, 2.05) is 0 Å². The number of aryl methyl sites for hydroxylation is 1. The van der Waals surface area contributed by atoms with Crippen LogP contribution >= 0.6 is 0 Å². The van der Waals surface area contributed by atoms with Crippen molar-refractivity contribution < 1.29 is 26.3 Å². The average Bonchev–Trinajstić information content (AvgIpc) is 3.06. The minimum Gasteiger partial charge on any atom is -0.383 e. The van der Waals surface area contributed by atoms with E-state index in [1.165, 1.54) is 10.7 Å². The number of sulfone groups is 1. The Morgan fingerprint density at radius 3 is 2.37 bits per heavy atom. The van der Waals surface area contributed by atoms with Crippen LogP contribution in [0, 0.1) is 6.92 Å². The monoisotopic (exact) mass is 532 g/mol. The van der Waals surface area contributed by atoms with E-state index in [9.17, 15) is 31.2 Å². The van der Waals surface area contributed by atoms with Crippen LogP contribution in [0.4, 0.5) is 13.2 Å². The molecule has 0 saturated carbocycles. The fourth-order valence-electron chi connectivity index (χ4n) is 3.56. The van der Waals surface area contributed by atoms with Crippen molar-refractivity contribution in [3.63, 3.8) is 0 Å². The van der Waals surface area contributed by atoms with Crippen molar-refractivity contribution in [2.45, 2.75) is 45.2 Å². The van der Waals surface area contributed by atoms with Crippen molar-refractivity contribution >= 4 is 28.8 Å². The van der Waals surface area contributed by atoms with Crippen molar-refractivity contribution in [3.05, 3.63) is 50.3 Å². The van der Waals surface area contributed by atoms with Crippen molar-refractivity contribution in [2.24, 2.45) is 0 Å². The van der Waals surface area contributed by atoms with E-state index in [4.69, 9.17) is 4.74 Å². The van der Waals surface area contributed by atoms with Crippen LogP contribution in [0.5, 0.6) is 0 Å². The molecule has 192 valence electrons. The van der Waals surface area contributed by atoms with Crippen molar-refractivity contribution in [1.82, 2.24) is 19.3 Å². The summed E-state index contributed by atoms with van der Waals surface area (Å²) in [6, 6.07) is 3.17. The molecule has 0 saturated heterocycles. The quantitative estimate of drug-likeness (QED) is 0.352. The summed E-state index contributed by atoms with van der Waals surface area (Å²) in [5, 5.41) is 4.03. The number of aromatic amines is 1. The largest absolute Gasteiger partial charge is 0.417 e. The van der Waals surface area contributed by atoms with Gasteiger partial charge in [0.15, 0.2) is 9.84 Å². The van der Waals surface area contributed by atoms with Gasteiger partial charge in [0.2, 0.25) is 0 Å². The minimum absolute atomic E-state index is 0.119. The lowest BCUT2D eigenvalue weighted by atomic mass is 10.0. The second kappa shape index (κ2) is 9.39. The van der Waals surface area contributed by atoms with Gasteiger partial charge in [-0.05, 0) is 25.1 Å². The molecule has 0 atom stereocenters. The predicted octanol–water partition coefficient (Wildman–Crippen LogP) is 2.78. The van der Waals surface area contributed by atoms with E-state index in [2.05, 4.69) is 29.7 Å². The van der Waals surface area contributed by atoms with Crippen molar-refractivity contribution in [1.29, 1.82) is 0 Å². The first-order valence-electron chi connectivity index (χ1n) is 10.6. The number of ether oxygens (including phenoxy) is 1. The zero-order valence-electron chi connectivity index (χ0n) is 20.0. The molecule has 35 heavy (non-hydrogen) atoms. The van der Waals surface area contributed by atoms with Crippen molar-refractivity contribution in [2.75, 3.05) is 19.1 Å². The van der Waals surface area contributed by atoms with Crippen LogP contribution in [-0.2, 0) is 33.2 Å². The molecular formula is C21H27F3N4O5SSi. The zero-order valence-corrected chi connectivity index (χ0v) is 21.8. The van der Waals surface area contributed by atoms with Crippen LogP contribution in [0.15, 0.2) is 27.8 Å². The first-order valence-corrected chi connectivity index (χ1v) is 16.4. The molecule has 0 bridgehead atoms. The summed E-state index contributed by atoms with van der Waals surface area (Å²) in [7, 11) is -5.25. The van der Waals surface area contributed by atoms with E-state index in [0.717, 1.165) is 12.3 Å². The molecule has 2 aromatic heterocycles. The van der Waals surface area contributed by atoms with Crippen LogP contribution < -0.4 is 11.2 Å². The molecular weight excluding hydrogens is 505 g/mol. The fourth-order valence-corrected chi connectivity index (χ4v) is 5.02. The highest BCUT2D eigenvalue weighted by molar-refractivity contribution is 7.89. The molecule has 0 spiro atoms. The highest BCUT2D eigenvalue weighted by Gasteiger charge is 2.35. The molecule has 0 fully saturated rings.